The minimum atomic E-state index is -0.591. The number of fused-ring (bicyclic) bond motifs is 3. The third-order valence-electron chi connectivity index (χ3n) is 3.97. The minimum Gasteiger partial charge on any atom is -0.497 e. The van der Waals surface area contributed by atoms with E-state index >= 15 is 0 Å². The number of benzene rings is 2. The average Bonchev–Trinajstić information content (AvgIpc) is 3.01. The molecule has 25 heavy (non-hydrogen) atoms. The summed E-state index contributed by atoms with van der Waals surface area (Å²) >= 11 is 0. The summed E-state index contributed by atoms with van der Waals surface area (Å²) in [5.74, 6) is 0.714. The van der Waals surface area contributed by atoms with Crippen molar-refractivity contribution >= 4 is 28.2 Å². The number of ether oxygens (including phenoxy) is 1. The van der Waals surface area contributed by atoms with E-state index in [4.69, 9.17) is 4.74 Å². The molecule has 2 aromatic carbocycles. The number of hydrogen-bond acceptors (Lipinski definition) is 4. The van der Waals surface area contributed by atoms with Crippen LogP contribution in [-0.4, -0.2) is 28.0 Å². The highest BCUT2D eigenvalue weighted by Gasteiger charge is 2.11. The fourth-order valence-electron chi connectivity index (χ4n) is 2.71. The highest BCUT2D eigenvalue weighted by Crippen LogP contribution is 2.19. The second-order valence-electron chi connectivity index (χ2n) is 5.49. The van der Waals surface area contributed by atoms with Crippen molar-refractivity contribution in [3.63, 3.8) is 0 Å². The van der Waals surface area contributed by atoms with Gasteiger partial charge in [-0.05, 0) is 35.9 Å². The Morgan fingerprint density at radius 1 is 1.00 bits per heavy atom. The smallest absolute Gasteiger partial charge is 0.350 e. The lowest BCUT2D eigenvalue weighted by atomic mass is 10.2. The first-order valence-electron chi connectivity index (χ1n) is 7.61. The third-order valence-corrected chi connectivity index (χ3v) is 3.97. The van der Waals surface area contributed by atoms with Gasteiger partial charge >= 0.3 is 11.2 Å². The van der Waals surface area contributed by atoms with Crippen molar-refractivity contribution in [1.82, 2.24) is 14.6 Å². The van der Waals surface area contributed by atoms with Gasteiger partial charge in [0.15, 0.2) is 0 Å². The van der Waals surface area contributed by atoms with Crippen molar-refractivity contribution in [2.75, 3.05) is 7.11 Å². The summed E-state index contributed by atoms with van der Waals surface area (Å²) < 4.78 is 5.90. The van der Waals surface area contributed by atoms with Crippen molar-refractivity contribution in [2.45, 2.75) is 0 Å². The van der Waals surface area contributed by atoms with Crippen LogP contribution in [-0.2, 0) is 0 Å². The van der Waals surface area contributed by atoms with Gasteiger partial charge in [-0.3, -0.25) is 4.79 Å². The molecule has 2 aromatic heterocycles. The van der Waals surface area contributed by atoms with Crippen LogP contribution in [0.4, 0.5) is 0 Å². The number of rotatable bonds is 3. The molecule has 7 nitrogen and oxygen atoms in total. The molecule has 2 heterocycles. The van der Waals surface area contributed by atoms with Gasteiger partial charge in [0.25, 0.3) is 0 Å². The average molecular weight is 334 g/mol. The van der Waals surface area contributed by atoms with Gasteiger partial charge in [0.1, 0.15) is 11.3 Å². The zero-order valence-electron chi connectivity index (χ0n) is 13.3. The van der Waals surface area contributed by atoms with E-state index in [-0.39, 0.29) is 0 Å². The van der Waals surface area contributed by atoms with Gasteiger partial charge in [0.05, 0.1) is 18.8 Å². The maximum absolute atomic E-state index is 12.6. The lowest BCUT2D eigenvalue weighted by molar-refractivity contribution is 0.415. The van der Waals surface area contributed by atoms with Crippen LogP contribution in [0.25, 0.3) is 21.9 Å². The largest absolute Gasteiger partial charge is 0.497 e. The lowest BCUT2D eigenvalue weighted by Gasteiger charge is -2.00. The van der Waals surface area contributed by atoms with E-state index < -0.39 is 11.2 Å². The summed E-state index contributed by atoms with van der Waals surface area (Å²) in [6.07, 6.45) is 1.45. The standard InChI is InChI=1S/C18H14N4O3/c1-25-12-8-6-11(7-9-12)10-19-22-17(23)16-15(21-18(22)24)13-4-2-3-5-14(13)20-16/h2-10,20H,1H3,(H,21,24). The van der Waals surface area contributed by atoms with Crippen LogP contribution in [0.15, 0.2) is 63.2 Å². The molecular formula is C18H14N4O3. The summed E-state index contributed by atoms with van der Waals surface area (Å²) in [4.78, 5) is 30.6. The number of methoxy groups -OCH3 is 1. The van der Waals surface area contributed by atoms with Crippen LogP contribution in [0.5, 0.6) is 5.75 Å². The van der Waals surface area contributed by atoms with Gasteiger partial charge in [-0.25, -0.2) is 4.79 Å². The molecule has 0 bridgehead atoms. The SMILES string of the molecule is COc1ccc(C=Nn2c(=O)[nH]c3c([nH]c4ccccc43)c2=O)cc1. The molecule has 2 N–H and O–H groups in total. The van der Waals surface area contributed by atoms with E-state index in [2.05, 4.69) is 15.1 Å². The quantitative estimate of drug-likeness (QED) is 0.562. The van der Waals surface area contributed by atoms with E-state index in [9.17, 15) is 9.59 Å². The second kappa shape index (κ2) is 5.79. The Balaban J connectivity index is 1.84. The number of nitrogens with zero attached hydrogens (tertiary/aromatic N) is 2. The Morgan fingerprint density at radius 2 is 1.76 bits per heavy atom. The molecule has 0 spiro atoms. The fraction of sp³-hybridized carbons (Fsp3) is 0.0556. The molecule has 4 aromatic rings. The Morgan fingerprint density at radius 3 is 2.52 bits per heavy atom. The Labute approximate surface area is 141 Å². The molecule has 0 amide bonds. The Bertz CT molecular complexity index is 1210. The molecule has 124 valence electrons. The molecule has 0 fully saturated rings. The van der Waals surface area contributed by atoms with Crippen molar-refractivity contribution in [1.29, 1.82) is 0 Å². The summed E-state index contributed by atoms with van der Waals surface area (Å²) in [5.41, 5.74) is 1.23. The highest BCUT2D eigenvalue weighted by molar-refractivity contribution is 6.04. The number of aromatic amines is 2. The number of nitrogens with one attached hydrogen (secondary N) is 2. The van der Waals surface area contributed by atoms with Crippen molar-refractivity contribution < 1.29 is 4.74 Å². The first-order valence-corrected chi connectivity index (χ1v) is 7.61. The second-order valence-corrected chi connectivity index (χ2v) is 5.49. The molecule has 0 radical (unpaired) electrons. The van der Waals surface area contributed by atoms with Crippen LogP contribution in [0.1, 0.15) is 5.56 Å². The predicted octanol–water partition coefficient (Wildman–Crippen LogP) is 2.06. The van der Waals surface area contributed by atoms with Gasteiger partial charge < -0.3 is 14.7 Å². The molecule has 0 aliphatic carbocycles. The maximum atomic E-state index is 12.6. The normalized spacial score (nSPS) is 11.6. The molecule has 0 atom stereocenters. The van der Waals surface area contributed by atoms with Crippen molar-refractivity contribution in [2.24, 2.45) is 5.10 Å². The van der Waals surface area contributed by atoms with Gasteiger partial charge in [-0.15, -0.1) is 4.68 Å². The zero-order chi connectivity index (χ0) is 17.4. The summed E-state index contributed by atoms with van der Waals surface area (Å²) in [7, 11) is 1.58. The molecule has 0 aliphatic heterocycles. The molecular weight excluding hydrogens is 320 g/mol. The van der Waals surface area contributed by atoms with Crippen molar-refractivity contribution in [3.8, 4) is 5.75 Å². The Hall–Kier alpha value is -3.61. The lowest BCUT2D eigenvalue weighted by Crippen LogP contribution is -2.32. The molecule has 7 heteroatoms. The summed E-state index contributed by atoms with van der Waals surface area (Å²) in [5, 5.41) is 4.82. The van der Waals surface area contributed by atoms with E-state index in [0.29, 0.717) is 16.8 Å². The monoisotopic (exact) mass is 334 g/mol. The molecule has 4 rings (SSSR count). The van der Waals surface area contributed by atoms with Crippen LogP contribution < -0.4 is 16.0 Å². The van der Waals surface area contributed by atoms with Gasteiger partial charge in [-0.1, -0.05) is 18.2 Å². The maximum Gasteiger partial charge on any atom is 0.350 e. The number of para-hydroxylation sites is 1. The van der Waals surface area contributed by atoms with Gasteiger partial charge in [-0.2, -0.15) is 5.10 Å². The molecule has 0 aliphatic rings. The van der Waals surface area contributed by atoms with E-state index in [1.165, 1.54) is 6.21 Å². The van der Waals surface area contributed by atoms with Crippen LogP contribution in [0, 0.1) is 0 Å². The van der Waals surface area contributed by atoms with Gasteiger partial charge in [0, 0.05) is 10.9 Å². The Kier molecular flexibility index (Phi) is 3.46. The first kappa shape index (κ1) is 14.9. The predicted molar refractivity (Wildman–Crippen MR) is 96.7 cm³/mol. The highest BCUT2D eigenvalue weighted by atomic mass is 16.5. The number of H-pyrrole nitrogens is 2. The summed E-state index contributed by atoms with van der Waals surface area (Å²) in [6.45, 7) is 0. The number of aromatic nitrogens is 3. The summed E-state index contributed by atoms with van der Waals surface area (Å²) in [6, 6.07) is 14.5. The van der Waals surface area contributed by atoms with Crippen molar-refractivity contribution in [3.05, 3.63) is 74.9 Å². The molecule has 0 unspecified atom stereocenters. The van der Waals surface area contributed by atoms with E-state index in [1.807, 2.05) is 24.3 Å². The zero-order valence-corrected chi connectivity index (χ0v) is 13.3. The van der Waals surface area contributed by atoms with Gasteiger partial charge in [0.2, 0.25) is 0 Å². The minimum absolute atomic E-state index is 0.313. The van der Waals surface area contributed by atoms with Crippen LogP contribution >= 0.6 is 0 Å². The van der Waals surface area contributed by atoms with Crippen LogP contribution in [0.3, 0.4) is 0 Å². The fourth-order valence-corrected chi connectivity index (χ4v) is 2.71. The topological polar surface area (TPSA) is 92.2 Å². The molecule has 0 saturated carbocycles. The van der Waals surface area contributed by atoms with E-state index in [0.717, 1.165) is 21.1 Å². The van der Waals surface area contributed by atoms with Crippen LogP contribution in [0.2, 0.25) is 0 Å². The number of hydrogen-bond donors (Lipinski definition) is 2. The van der Waals surface area contributed by atoms with E-state index in [1.54, 1.807) is 31.4 Å². The molecule has 0 saturated heterocycles. The third kappa shape index (κ3) is 2.51. The first-order chi connectivity index (χ1) is 12.2.